The molecule has 1 atom stereocenters. The molecule has 0 aliphatic carbocycles. The number of carbonyl (C=O) groups excluding carboxylic acids is 1. The summed E-state index contributed by atoms with van der Waals surface area (Å²) in [6.07, 6.45) is 0. The number of esters is 1. The van der Waals surface area contributed by atoms with E-state index in [0.717, 1.165) is 0 Å². The van der Waals surface area contributed by atoms with Crippen molar-refractivity contribution in [1.82, 2.24) is 0 Å². The summed E-state index contributed by atoms with van der Waals surface area (Å²) in [6, 6.07) is 3.47. The number of nitrogens with two attached hydrogens (primary N) is 1. The number of ether oxygens (including phenoxy) is 2. The van der Waals surface area contributed by atoms with Gasteiger partial charge in [0.15, 0.2) is 0 Å². The average Bonchev–Trinajstić information content (AvgIpc) is 2.68. The van der Waals surface area contributed by atoms with Gasteiger partial charge in [-0.05, 0) is 12.1 Å². The number of hydrogen-bond acceptors (Lipinski definition) is 5. The minimum absolute atomic E-state index is 0.159. The highest BCUT2D eigenvalue weighted by Gasteiger charge is 2.23. The Morgan fingerprint density at radius 3 is 2.80 bits per heavy atom. The van der Waals surface area contributed by atoms with Gasteiger partial charge in [0.1, 0.15) is 24.0 Å². The summed E-state index contributed by atoms with van der Waals surface area (Å²) in [5.41, 5.74) is 5.47. The zero-order valence-corrected chi connectivity index (χ0v) is 8.86. The molecule has 15 heavy (non-hydrogen) atoms. The molecule has 5 heteroatoms. The quantitative estimate of drug-likeness (QED) is 0.726. The molecule has 0 radical (unpaired) electrons. The number of methoxy groups -OCH3 is 2. The smallest absolute Gasteiger partial charge is 0.317 e. The fourth-order valence-electron chi connectivity index (χ4n) is 1.27. The van der Waals surface area contributed by atoms with Crippen LogP contribution in [0.1, 0.15) is 17.4 Å². The highest BCUT2D eigenvalue weighted by Crippen LogP contribution is 2.19. The van der Waals surface area contributed by atoms with E-state index in [1.807, 2.05) is 0 Å². The van der Waals surface area contributed by atoms with Gasteiger partial charge in [-0.15, -0.1) is 0 Å². The highest BCUT2D eigenvalue weighted by molar-refractivity contribution is 5.77. The van der Waals surface area contributed by atoms with Crippen LogP contribution in [0.3, 0.4) is 0 Å². The van der Waals surface area contributed by atoms with Gasteiger partial charge in [0.2, 0.25) is 0 Å². The van der Waals surface area contributed by atoms with Gasteiger partial charge in [0.25, 0.3) is 0 Å². The molecule has 84 valence electrons. The summed E-state index contributed by atoms with van der Waals surface area (Å²) in [6.45, 7) is 0.533. The Morgan fingerprint density at radius 1 is 1.53 bits per heavy atom. The molecule has 0 saturated carbocycles. The molecule has 0 fully saturated rings. The molecular weight excluding hydrogens is 198 g/mol. The molecule has 0 aromatic carbocycles. The third kappa shape index (κ3) is 2.81. The molecule has 0 spiro atoms. The maximum Gasteiger partial charge on any atom is 0.317 e. The van der Waals surface area contributed by atoms with Gasteiger partial charge in [0, 0.05) is 13.7 Å². The van der Waals surface area contributed by atoms with Gasteiger partial charge in [-0.2, -0.15) is 0 Å². The van der Waals surface area contributed by atoms with E-state index in [4.69, 9.17) is 14.9 Å². The number of carbonyl (C=O) groups is 1. The molecule has 1 aromatic rings. The summed E-state index contributed by atoms with van der Waals surface area (Å²) in [5, 5.41) is 0. The molecule has 0 aliphatic heterocycles. The third-order valence-corrected chi connectivity index (χ3v) is 2.03. The fraction of sp³-hybridized carbons (Fsp3) is 0.500. The van der Waals surface area contributed by atoms with Crippen LogP contribution >= 0.6 is 0 Å². The Labute approximate surface area is 88.1 Å². The first kappa shape index (κ1) is 11.7. The first-order chi connectivity index (χ1) is 7.22. The van der Waals surface area contributed by atoms with E-state index in [2.05, 4.69) is 4.74 Å². The second-order valence-electron chi connectivity index (χ2n) is 3.05. The molecule has 0 amide bonds. The monoisotopic (exact) mass is 213 g/mol. The zero-order valence-electron chi connectivity index (χ0n) is 8.86. The third-order valence-electron chi connectivity index (χ3n) is 2.03. The van der Waals surface area contributed by atoms with Crippen LogP contribution in [0.15, 0.2) is 16.5 Å². The molecule has 1 aromatic heterocycles. The summed E-state index contributed by atoms with van der Waals surface area (Å²) in [7, 11) is 2.90. The van der Waals surface area contributed by atoms with Crippen LogP contribution in [0.5, 0.6) is 0 Å². The van der Waals surface area contributed by atoms with E-state index < -0.39 is 11.9 Å². The van der Waals surface area contributed by atoms with E-state index in [0.29, 0.717) is 18.1 Å². The van der Waals surface area contributed by atoms with Gasteiger partial charge in [-0.25, -0.2) is 0 Å². The van der Waals surface area contributed by atoms with Crippen molar-refractivity contribution in [3.05, 3.63) is 23.7 Å². The van der Waals surface area contributed by atoms with Crippen LogP contribution in [0.4, 0.5) is 0 Å². The van der Waals surface area contributed by atoms with Crippen molar-refractivity contribution in [2.24, 2.45) is 5.73 Å². The Hall–Kier alpha value is -1.33. The summed E-state index contributed by atoms with van der Waals surface area (Å²) in [5.74, 6) is 0.239. The standard InChI is InChI=1S/C10H15NO4/c1-13-6-7-3-4-9(15-7)8(5-11)10(12)14-2/h3-4,8H,5-6,11H2,1-2H3. The minimum Gasteiger partial charge on any atom is -0.468 e. The van der Waals surface area contributed by atoms with Crippen molar-refractivity contribution in [3.8, 4) is 0 Å². The summed E-state index contributed by atoms with van der Waals surface area (Å²) in [4.78, 5) is 11.3. The Kier molecular flexibility index (Phi) is 4.33. The van der Waals surface area contributed by atoms with Crippen LogP contribution in [-0.2, 0) is 20.9 Å². The van der Waals surface area contributed by atoms with Crippen molar-refractivity contribution >= 4 is 5.97 Å². The predicted molar refractivity (Wildman–Crippen MR) is 53.2 cm³/mol. The summed E-state index contributed by atoms with van der Waals surface area (Å²) < 4.78 is 14.9. The zero-order chi connectivity index (χ0) is 11.3. The largest absolute Gasteiger partial charge is 0.468 e. The number of hydrogen-bond donors (Lipinski definition) is 1. The second kappa shape index (κ2) is 5.53. The normalized spacial score (nSPS) is 12.5. The van der Waals surface area contributed by atoms with Crippen molar-refractivity contribution in [3.63, 3.8) is 0 Å². The Bertz CT molecular complexity index is 321. The first-order valence-electron chi connectivity index (χ1n) is 4.58. The topological polar surface area (TPSA) is 74.7 Å². The maximum atomic E-state index is 11.3. The van der Waals surface area contributed by atoms with Crippen LogP contribution in [0.25, 0.3) is 0 Å². The van der Waals surface area contributed by atoms with E-state index in [1.165, 1.54) is 7.11 Å². The lowest BCUT2D eigenvalue weighted by Gasteiger charge is -2.08. The van der Waals surface area contributed by atoms with Crippen molar-refractivity contribution in [2.75, 3.05) is 20.8 Å². The molecule has 2 N–H and O–H groups in total. The summed E-state index contributed by atoms with van der Waals surface area (Å²) >= 11 is 0. The molecule has 1 unspecified atom stereocenters. The van der Waals surface area contributed by atoms with Crippen LogP contribution in [-0.4, -0.2) is 26.7 Å². The SMILES string of the molecule is COCc1ccc(C(CN)C(=O)OC)o1. The highest BCUT2D eigenvalue weighted by atomic mass is 16.5. The number of rotatable bonds is 5. The molecule has 0 bridgehead atoms. The average molecular weight is 213 g/mol. The van der Waals surface area contributed by atoms with Gasteiger partial charge in [-0.1, -0.05) is 0 Å². The van der Waals surface area contributed by atoms with Crippen LogP contribution < -0.4 is 5.73 Å². The molecule has 0 aliphatic rings. The van der Waals surface area contributed by atoms with Crippen molar-refractivity contribution in [1.29, 1.82) is 0 Å². The second-order valence-corrected chi connectivity index (χ2v) is 3.05. The molecule has 5 nitrogen and oxygen atoms in total. The van der Waals surface area contributed by atoms with E-state index in [9.17, 15) is 4.79 Å². The van der Waals surface area contributed by atoms with E-state index in [-0.39, 0.29) is 6.54 Å². The van der Waals surface area contributed by atoms with Gasteiger partial charge < -0.3 is 19.6 Å². The van der Waals surface area contributed by atoms with Gasteiger partial charge in [-0.3, -0.25) is 4.79 Å². The lowest BCUT2D eigenvalue weighted by Crippen LogP contribution is -2.22. The molecule has 0 saturated heterocycles. The van der Waals surface area contributed by atoms with Crippen LogP contribution in [0.2, 0.25) is 0 Å². The lowest BCUT2D eigenvalue weighted by molar-refractivity contribution is -0.142. The predicted octanol–water partition coefficient (Wildman–Crippen LogP) is 0.641. The molecule has 1 heterocycles. The minimum atomic E-state index is -0.541. The van der Waals surface area contributed by atoms with Crippen molar-refractivity contribution in [2.45, 2.75) is 12.5 Å². The fourth-order valence-corrected chi connectivity index (χ4v) is 1.27. The van der Waals surface area contributed by atoms with Crippen molar-refractivity contribution < 1.29 is 18.7 Å². The maximum absolute atomic E-state index is 11.3. The first-order valence-corrected chi connectivity index (χ1v) is 4.58. The van der Waals surface area contributed by atoms with Gasteiger partial charge in [0.05, 0.1) is 7.11 Å². The van der Waals surface area contributed by atoms with E-state index in [1.54, 1.807) is 19.2 Å². The number of furan rings is 1. The Balaban J connectivity index is 2.78. The van der Waals surface area contributed by atoms with Crippen LogP contribution in [0, 0.1) is 0 Å². The molecular formula is C10H15NO4. The molecule has 1 rings (SSSR count). The van der Waals surface area contributed by atoms with Gasteiger partial charge >= 0.3 is 5.97 Å². The Morgan fingerprint density at radius 2 is 2.27 bits per heavy atom. The lowest BCUT2D eigenvalue weighted by atomic mass is 10.1. The van der Waals surface area contributed by atoms with E-state index >= 15 is 0 Å².